The Hall–Kier alpha value is -1.65. The van der Waals surface area contributed by atoms with E-state index in [-0.39, 0.29) is 11.9 Å². The van der Waals surface area contributed by atoms with Gasteiger partial charge in [-0.2, -0.15) is 0 Å². The molecular weight excluding hydrogens is 291 g/mol. The molecule has 0 aliphatic rings. The summed E-state index contributed by atoms with van der Waals surface area (Å²) in [7, 11) is 1.62. The Kier molecular flexibility index (Phi) is 5.53. The minimum Gasteiger partial charge on any atom is -0.496 e. The summed E-state index contributed by atoms with van der Waals surface area (Å²) < 4.78 is 18.3. The average Bonchev–Trinajstić information content (AvgIpc) is 2.50. The fourth-order valence-corrected chi connectivity index (χ4v) is 2.41. The molecule has 21 heavy (non-hydrogen) atoms. The predicted octanol–water partition coefficient (Wildman–Crippen LogP) is 4.12. The van der Waals surface area contributed by atoms with E-state index in [0.717, 1.165) is 23.4 Å². The van der Waals surface area contributed by atoms with E-state index in [1.165, 1.54) is 12.3 Å². The summed E-state index contributed by atoms with van der Waals surface area (Å²) >= 11 is 6.22. The maximum absolute atomic E-state index is 12.9. The van der Waals surface area contributed by atoms with Gasteiger partial charge in [0.1, 0.15) is 11.6 Å². The molecule has 5 heteroatoms. The number of hydrogen-bond donors (Lipinski definition) is 1. The Morgan fingerprint density at radius 2 is 2.14 bits per heavy atom. The first-order valence-electron chi connectivity index (χ1n) is 6.82. The minimum absolute atomic E-state index is 0.0339. The van der Waals surface area contributed by atoms with Crippen LogP contribution < -0.4 is 10.1 Å². The van der Waals surface area contributed by atoms with Crippen molar-refractivity contribution >= 4 is 11.6 Å². The molecule has 1 atom stereocenters. The van der Waals surface area contributed by atoms with Crippen LogP contribution in [0.15, 0.2) is 36.5 Å². The molecule has 3 nitrogen and oxygen atoms in total. The molecule has 0 aliphatic heterocycles. The molecule has 1 aromatic heterocycles. The Morgan fingerprint density at radius 1 is 1.33 bits per heavy atom. The van der Waals surface area contributed by atoms with Crippen molar-refractivity contribution in [2.75, 3.05) is 7.11 Å². The Morgan fingerprint density at radius 3 is 2.76 bits per heavy atom. The number of hydrogen-bond acceptors (Lipinski definition) is 3. The number of nitrogens with one attached hydrogen (secondary N) is 1. The van der Waals surface area contributed by atoms with E-state index in [1.807, 2.05) is 25.1 Å². The molecule has 2 aromatic rings. The van der Waals surface area contributed by atoms with E-state index in [0.29, 0.717) is 11.6 Å². The van der Waals surface area contributed by atoms with Crippen LogP contribution in [0.2, 0.25) is 5.02 Å². The first-order valence-corrected chi connectivity index (χ1v) is 7.19. The SMILES string of the molecule is CCC(NCc1c(Cl)cccc1OC)c1ccc(F)cn1. The lowest BCUT2D eigenvalue weighted by atomic mass is 10.1. The van der Waals surface area contributed by atoms with Crippen LogP contribution in [-0.2, 0) is 6.54 Å². The van der Waals surface area contributed by atoms with E-state index in [9.17, 15) is 4.39 Å². The van der Waals surface area contributed by atoms with E-state index < -0.39 is 0 Å². The summed E-state index contributed by atoms with van der Waals surface area (Å²) in [5.74, 6) is 0.415. The third kappa shape index (κ3) is 3.93. The Bertz CT molecular complexity index is 589. The maximum atomic E-state index is 12.9. The molecule has 0 aliphatic carbocycles. The van der Waals surface area contributed by atoms with Crippen LogP contribution in [0.3, 0.4) is 0 Å². The molecule has 112 valence electrons. The summed E-state index contributed by atoms with van der Waals surface area (Å²) in [4.78, 5) is 4.13. The van der Waals surface area contributed by atoms with Crippen molar-refractivity contribution in [1.82, 2.24) is 10.3 Å². The smallest absolute Gasteiger partial charge is 0.141 e. The van der Waals surface area contributed by atoms with Gasteiger partial charge in [-0.25, -0.2) is 4.39 Å². The van der Waals surface area contributed by atoms with Gasteiger partial charge in [0.25, 0.3) is 0 Å². The van der Waals surface area contributed by atoms with Crippen LogP contribution >= 0.6 is 11.6 Å². The van der Waals surface area contributed by atoms with Gasteiger partial charge in [0.2, 0.25) is 0 Å². The molecule has 1 unspecified atom stereocenters. The first-order chi connectivity index (χ1) is 10.2. The molecule has 0 saturated carbocycles. The number of benzene rings is 1. The monoisotopic (exact) mass is 308 g/mol. The summed E-state index contributed by atoms with van der Waals surface area (Å²) in [6, 6.07) is 8.71. The highest BCUT2D eigenvalue weighted by molar-refractivity contribution is 6.31. The van der Waals surface area contributed by atoms with Gasteiger partial charge in [-0.05, 0) is 30.7 Å². The van der Waals surface area contributed by atoms with E-state index in [1.54, 1.807) is 13.2 Å². The standard InChI is InChI=1S/C16H18ClFN2O/c1-3-14(15-8-7-11(18)9-19-15)20-10-12-13(17)5-4-6-16(12)21-2/h4-9,14,20H,3,10H2,1-2H3. The van der Waals surface area contributed by atoms with Crippen LogP contribution in [0, 0.1) is 5.82 Å². The predicted molar refractivity (Wildman–Crippen MR) is 82.1 cm³/mol. The zero-order valence-electron chi connectivity index (χ0n) is 12.1. The molecule has 2 rings (SSSR count). The van der Waals surface area contributed by atoms with Crippen molar-refractivity contribution in [3.8, 4) is 5.75 Å². The lowest BCUT2D eigenvalue weighted by Gasteiger charge is -2.18. The number of rotatable bonds is 6. The van der Waals surface area contributed by atoms with Crippen molar-refractivity contribution < 1.29 is 9.13 Å². The van der Waals surface area contributed by atoms with Crippen molar-refractivity contribution in [1.29, 1.82) is 0 Å². The topological polar surface area (TPSA) is 34.1 Å². The largest absolute Gasteiger partial charge is 0.496 e. The number of pyridine rings is 1. The molecule has 0 spiro atoms. The van der Waals surface area contributed by atoms with Crippen LogP contribution in [0.25, 0.3) is 0 Å². The molecule has 0 amide bonds. The zero-order chi connectivity index (χ0) is 15.2. The molecule has 1 N–H and O–H groups in total. The lowest BCUT2D eigenvalue weighted by molar-refractivity contribution is 0.404. The van der Waals surface area contributed by atoms with Crippen LogP contribution in [0.1, 0.15) is 30.6 Å². The third-order valence-corrected chi connectivity index (χ3v) is 3.69. The van der Waals surface area contributed by atoms with Gasteiger partial charge in [-0.3, -0.25) is 4.98 Å². The number of aromatic nitrogens is 1. The summed E-state index contributed by atoms with van der Waals surface area (Å²) in [5, 5.41) is 4.04. The molecule has 0 bridgehead atoms. The fourth-order valence-electron chi connectivity index (χ4n) is 2.18. The third-order valence-electron chi connectivity index (χ3n) is 3.34. The van der Waals surface area contributed by atoms with Gasteiger partial charge in [-0.1, -0.05) is 24.6 Å². The Balaban J connectivity index is 2.12. The van der Waals surface area contributed by atoms with Crippen molar-refractivity contribution in [2.24, 2.45) is 0 Å². The second-order valence-corrected chi connectivity index (χ2v) is 5.07. The maximum Gasteiger partial charge on any atom is 0.141 e. The highest BCUT2D eigenvalue weighted by Gasteiger charge is 2.13. The number of halogens is 2. The number of nitrogens with zero attached hydrogens (tertiary/aromatic N) is 1. The van der Waals surface area contributed by atoms with Crippen molar-refractivity contribution in [3.63, 3.8) is 0 Å². The van der Waals surface area contributed by atoms with Gasteiger partial charge in [-0.15, -0.1) is 0 Å². The second kappa shape index (κ2) is 7.38. The highest BCUT2D eigenvalue weighted by Crippen LogP contribution is 2.27. The summed E-state index contributed by atoms with van der Waals surface area (Å²) in [6.07, 6.45) is 2.07. The lowest BCUT2D eigenvalue weighted by Crippen LogP contribution is -2.21. The number of methoxy groups -OCH3 is 1. The molecule has 1 heterocycles. The van der Waals surface area contributed by atoms with E-state index >= 15 is 0 Å². The normalized spacial score (nSPS) is 12.2. The van der Waals surface area contributed by atoms with Crippen LogP contribution in [-0.4, -0.2) is 12.1 Å². The van der Waals surface area contributed by atoms with E-state index in [2.05, 4.69) is 10.3 Å². The summed E-state index contributed by atoms with van der Waals surface area (Å²) in [6.45, 7) is 2.60. The van der Waals surface area contributed by atoms with Gasteiger partial charge in [0.15, 0.2) is 0 Å². The second-order valence-electron chi connectivity index (χ2n) is 4.66. The average molecular weight is 309 g/mol. The fraction of sp³-hybridized carbons (Fsp3) is 0.312. The Labute approximate surface area is 129 Å². The summed E-state index contributed by atoms with van der Waals surface area (Å²) in [5.41, 5.74) is 1.71. The molecule has 0 fully saturated rings. The molecule has 1 aromatic carbocycles. The zero-order valence-corrected chi connectivity index (χ0v) is 12.8. The minimum atomic E-state index is -0.332. The van der Waals surface area contributed by atoms with Crippen LogP contribution in [0.4, 0.5) is 4.39 Å². The molecule has 0 radical (unpaired) electrons. The first kappa shape index (κ1) is 15.7. The van der Waals surface area contributed by atoms with Gasteiger partial charge in [0, 0.05) is 23.2 Å². The van der Waals surface area contributed by atoms with Gasteiger partial charge < -0.3 is 10.1 Å². The molecule has 0 saturated heterocycles. The number of ether oxygens (including phenoxy) is 1. The van der Waals surface area contributed by atoms with E-state index in [4.69, 9.17) is 16.3 Å². The van der Waals surface area contributed by atoms with Crippen LogP contribution in [0.5, 0.6) is 5.75 Å². The van der Waals surface area contributed by atoms with Gasteiger partial charge >= 0.3 is 0 Å². The van der Waals surface area contributed by atoms with Crippen molar-refractivity contribution in [2.45, 2.75) is 25.9 Å². The quantitative estimate of drug-likeness (QED) is 0.871. The van der Waals surface area contributed by atoms with Crippen molar-refractivity contribution in [3.05, 3.63) is 58.6 Å². The molecular formula is C16H18ClFN2O. The van der Waals surface area contributed by atoms with Gasteiger partial charge in [0.05, 0.1) is 19.0 Å². The highest BCUT2D eigenvalue weighted by atomic mass is 35.5.